The second-order valence-corrected chi connectivity index (χ2v) is 7.45. The van der Waals surface area contributed by atoms with Crippen molar-refractivity contribution in [2.45, 2.75) is 13.2 Å². The molecule has 196 valence electrons. The number of aliphatic hydroxyl groups excluding tert-OH is 4. The maximum absolute atomic E-state index is 9.80. The molecule has 2 aromatic rings. The summed E-state index contributed by atoms with van der Waals surface area (Å²) in [5.74, 6) is 1.34. The Bertz CT molecular complexity index is 1130. The zero-order valence-electron chi connectivity index (χ0n) is 20.3. The summed E-state index contributed by atoms with van der Waals surface area (Å²) in [6, 6.07) is 10.0. The zero-order valence-corrected chi connectivity index (χ0v) is 21.4. The molecule has 0 aromatic heterocycles. The molecule has 0 amide bonds. The summed E-state index contributed by atoms with van der Waals surface area (Å²) in [6.45, 7) is -0.148. The Labute approximate surface area is 225 Å². The van der Waals surface area contributed by atoms with Gasteiger partial charge in [-0.05, 0) is 59.7 Å². The first kappa shape index (κ1) is 29.4. The average molecular weight is 548 g/mol. The molecule has 0 bridgehead atoms. The van der Waals surface area contributed by atoms with Gasteiger partial charge in [0.15, 0.2) is 23.0 Å². The van der Waals surface area contributed by atoms with Gasteiger partial charge in [0.25, 0.3) is 11.9 Å². The summed E-state index contributed by atoms with van der Waals surface area (Å²) in [5, 5.41) is 37.7. The minimum atomic E-state index is -0.185. The molecule has 0 aliphatic heterocycles. The standard InChI is InChI=1S/2C14H14O4.Fe/c2*1-17-13-8-10(9-15)6-7-12(13)18-14(16)11-4-2-3-5-11;/h2*2-8,15-16H,9H2,1H3;. The predicted molar refractivity (Wildman–Crippen MR) is 135 cm³/mol. The van der Waals surface area contributed by atoms with E-state index in [0.717, 1.165) is 0 Å². The molecule has 0 saturated heterocycles. The number of hydrogen-bond donors (Lipinski definition) is 4. The van der Waals surface area contributed by atoms with E-state index in [0.29, 0.717) is 45.3 Å². The van der Waals surface area contributed by atoms with Crippen molar-refractivity contribution in [3.8, 4) is 23.0 Å². The average Bonchev–Trinajstić information content (AvgIpc) is 3.64. The van der Waals surface area contributed by atoms with E-state index in [4.69, 9.17) is 29.2 Å². The molecule has 37 heavy (non-hydrogen) atoms. The van der Waals surface area contributed by atoms with E-state index in [1.54, 1.807) is 85.0 Å². The van der Waals surface area contributed by atoms with Crippen LogP contribution in [0, 0.1) is 0 Å². The zero-order chi connectivity index (χ0) is 25.9. The van der Waals surface area contributed by atoms with Crippen LogP contribution in [0.5, 0.6) is 23.0 Å². The van der Waals surface area contributed by atoms with Crippen molar-refractivity contribution < 1.29 is 56.4 Å². The molecule has 0 radical (unpaired) electrons. The monoisotopic (exact) mass is 548 g/mol. The van der Waals surface area contributed by atoms with Gasteiger partial charge in [-0.2, -0.15) is 0 Å². The van der Waals surface area contributed by atoms with Crippen LogP contribution >= 0.6 is 0 Å². The van der Waals surface area contributed by atoms with Crippen LogP contribution in [0.4, 0.5) is 0 Å². The smallest absolute Gasteiger partial charge is 0.289 e. The maximum atomic E-state index is 9.80. The van der Waals surface area contributed by atoms with Gasteiger partial charge < -0.3 is 39.4 Å². The van der Waals surface area contributed by atoms with Crippen LogP contribution in [0.3, 0.4) is 0 Å². The molecular weight excluding hydrogens is 520 g/mol. The van der Waals surface area contributed by atoms with Crippen molar-refractivity contribution in [3.63, 3.8) is 0 Å². The summed E-state index contributed by atoms with van der Waals surface area (Å²) in [4.78, 5) is 0. The molecule has 4 rings (SSSR count). The van der Waals surface area contributed by atoms with Crippen LogP contribution < -0.4 is 18.9 Å². The molecule has 0 atom stereocenters. The number of allylic oxidation sites excluding steroid dienone is 10. The minimum Gasteiger partial charge on any atom is -0.493 e. The second kappa shape index (κ2) is 14.6. The van der Waals surface area contributed by atoms with Gasteiger partial charge in [0.1, 0.15) is 0 Å². The van der Waals surface area contributed by atoms with Gasteiger partial charge in [0.05, 0.1) is 38.6 Å². The number of benzene rings is 2. The second-order valence-electron chi connectivity index (χ2n) is 7.45. The van der Waals surface area contributed by atoms with Crippen molar-refractivity contribution in [2.24, 2.45) is 0 Å². The quantitative estimate of drug-likeness (QED) is 0.271. The third kappa shape index (κ3) is 8.06. The van der Waals surface area contributed by atoms with Crippen LogP contribution in [-0.4, -0.2) is 34.6 Å². The molecule has 0 saturated carbocycles. The first-order chi connectivity index (χ1) is 17.5. The van der Waals surface area contributed by atoms with Crippen LogP contribution in [0.15, 0.2) is 108 Å². The van der Waals surface area contributed by atoms with Crippen molar-refractivity contribution in [1.29, 1.82) is 0 Å². The number of methoxy groups -OCH3 is 2. The van der Waals surface area contributed by atoms with E-state index in [-0.39, 0.29) is 42.2 Å². The molecule has 8 nitrogen and oxygen atoms in total. The van der Waals surface area contributed by atoms with Crippen molar-refractivity contribution in [3.05, 3.63) is 119 Å². The minimum absolute atomic E-state index is 0. The van der Waals surface area contributed by atoms with E-state index in [1.807, 2.05) is 0 Å². The van der Waals surface area contributed by atoms with Gasteiger partial charge in [0.2, 0.25) is 0 Å². The molecule has 2 aromatic carbocycles. The van der Waals surface area contributed by atoms with Gasteiger partial charge in [-0.15, -0.1) is 0 Å². The predicted octanol–water partition coefficient (Wildman–Crippen LogP) is 4.92. The fourth-order valence-corrected chi connectivity index (χ4v) is 3.15. The summed E-state index contributed by atoms with van der Waals surface area (Å²) in [5.41, 5.74) is 2.63. The van der Waals surface area contributed by atoms with E-state index >= 15 is 0 Å². The molecule has 9 heteroatoms. The first-order valence-corrected chi connectivity index (χ1v) is 11.0. The fraction of sp³-hybridized carbons (Fsp3) is 0.143. The Hall–Kier alpha value is -3.88. The van der Waals surface area contributed by atoms with Gasteiger partial charge in [-0.25, -0.2) is 0 Å². The van der Waals surface area contributed by atoms with Gasteiger partial charge >= 0.3 is 0 Å². The SMILES string of the molecule is COc1cc(CO)ccc1OC(O)=C1C=CC=C1.COc1cc(CO)ccc1OC(O)=C1C=CC=C1.[Fe]. The normalized spacial score (nSPS) is 12.5. The van der Waals surface area contributed by atoms with Crippen LogP contribution in [0.1, 0.15) is 11.1 Å². The summed E-state index contributed by atoms with van der Waals surface area (Å²) in [6.07, 6.45) is 14.2. The largest absolute Gasteiger partial charge is 0.493 e. The van der Waals surface area contributed by atoms with Crippen LogP contribution in [0.2, 0.25) is 0 Å². The van der Waals surface area contributed by atoms with Crippen LogP contribution in [-0.2, 0) is 30.3 Å². The molecule has 0 fully saturated rings. The van der Waals surface area contributed by atoms with Gasteiger partial charge in [-0.1, -0.05) is 36.4 Å². The fourth-order valence-electron chi connectivity index (χ4n) is 3.15. The Morgan fingerprint density at radius 2 is 0.946 bits per heavy atom. The summed E-state index contributed by atoms with van der Waals surface area (Å²) in [7, 11) is 3.01. The van der Waals surface area contributed by atoms with E-state index in [1.165, 1.54) is 14.2 Å². The van der Waals surface area contributed by atoms with E-state index in [2.05, 4.69) is 0 Å². The summed E-state index contributed by atoms with van der Waals surface area (Å²) >= 11 is 0. The van der Waals surface area contributed by atoms with Crippen molar-refractivity contribution in [1.82, 2.24) is 0 Å². The van der Waals surface area contributed by atoms with Crippen LogP contribution in [0.25, 0.3) is 0 Å². The van der Waals surface area contributed by atoms with E-state index < -0.39 is 0 Å². The molecule has 2 aliphatic rings. The Balaban J connectivity index is 0.000000253. The Morgan fingerprint density at radius 3 is 1.24 bits per heavy atom. The number of aliphatic hydroxyl groups is 4. The van der Waals surface area contributed by atoms with Crippen molar-refractivity contribution >= 4 is 0 Å². The molecule has 0 unspecified atom stereocenters. The van der Waals surface area contributed by atoms with Gasteiger partial charge in [-0.3, -0.25) is 0 Å². The Kier molecular flexibility index (Phi) is 11.6. The Morgan fingerprint density at radius 1 is 0.595 bits per heavy atom. The number of hydrogen-bond acceptors (Lipinski definition) is 8. The third-order valence-corrected chi connectivity index (χ3v) is 5.05. The molecule has 4 N–H and O–H groups in total. The molecular formula is C28H28FeO8. The van der Waals surface area contributed by atoms with Crippen molar-refractivity contribution in [2.75, 3.05) is 14.2 Å². The maximum Gasteiger partial charge on any atom is 0.289 e. The first-order valence-electron chi connectivity index (χ1n) is 11.0. The molecule has 0 spiro atoms. The molecule has 0 heterocycles. The summed E-state index contributed by atoms with van der Waals surface area (Å²) < 4.78 is 21.0. The molecule has 2 aliphatic carbocycles. The number of rotatable bonds is 8. The van der Waals surface area contributed by atoms with Gasteiger partial charge in [0, 0.05) is 17.1 Å². The number of ether oxygens (including phenoxy) is 4. The van der Waals surface area contributed by atoms with E-state index in [9.17, 15) is 10.2 Å². The topological polar surface area (TPSA) is 118 Å². The third-order valence-electron chi connectivity index (χ3n) is 5.05.